The van der Waals surface area contributed by atoms with E-state index in [1.165, 1.54) is 0 Å². The Kier molecular flexibility index (Phi) is 9.24. The molecule has 0 radical (unpaired) electrons. The van der Waals surface area contributed by atoms with Gasteiger partial charge in [0.25, 0.3) is 0 Å². The van der Waals surface area contributed by atoms with Gasteiger partial charge in [-0.05, 0) is 44.5 Å². The minimum atomic E-state index is -0.197. The minimum absolute atomic E-state index is 0. The molecule has 9 nitrogen and oxygen atoms in total. The quantitative estimate of drug-likeness (QED) is 0.264. The highest BCUT2D eigenvalue weighted by atomic mass is 127. The Balaban J connectivity index is 0.00000320. The third-order valence-corrected chi connectivity index (χ3v) is 4.39. The Morgan fingerprint density at radius 3 is 2.83 bits per heavy atom. The molecule has 0 fully saturated rings. The third kappa shape index (κ3) is 6.26. The Bertz CT molecular complexity index is 927. The number of aromatic nitrogens is 4. The van der Waals surface area contributed by atoms with E-state index in [1.807, 2.05) is 42.9 Å². The van der Waals surface area contributed by atoms with Crippen molar-refractivity contribution in [1.29, 1.82) is 0 Å². The Morgan fingerprint density at radius 2 is 2.13 bits per heavy atom. The number of nitrogens with zero attached hydrogens (tertiary/aromatic N) is 5. The van der Waals surface area contributed by atoms with Crippen LogP contribution in [-0.4, -0.2) is 39.5 Å². The summed E-state index contributed by atoms with van der Waals surface area (Å²) in [6.07, 6.45) is 3.48. The molecule has 0 aliphatic rings. The van der Waals surface area contributed by atoms with Crippen molar-refractivity contribution in [1.82, 2.24) is 30.6 Å². The van der Waals surface area contributed by atoms with E-state index in [0.717, 1.165) is 11.3 Å². The molecule has 0 bridgehead atoms. The van der Waals surface area contributed by atoms with Gasteiger partial charge in [-0.1, -0.05) is 17.3 Å². The van der Waals surface area contributed by atoms with E-state index in [2.05, 4.69) is 49.9 Å². The van der Waals surface area contributed by atoms with Gasteiger partial charge in [-0.3, -0.25) is 4.99 Å². The molecule has 0 amide bonds. The van der Waals surface area contributed by atoms with E-state index < -0.39 is 0 Å². The molecular formula is C20H28IN7O2. The van der Waals surface area contributed by atoms with Crippen LogP contribution in [0.2, 0.25) is 0 Å². The van der Waals surface area contributed by atoms with Crippen molar-refractivity contribution in [3.05, 3.63) is 60.0 Å². The highest BCUT2D eigenvalue weighted by Gasteiger charge is 2.14. The van der Waals surface area contributed by atoms with Crippen molar-refractivity contribution < 1.29 is 9.26 Å². The second-order valence-electron chi connectivity index (χ2n) is 6.48. The predicted molar refractivity (Wildman–Crippen MR) is 125 cm³/mol. The van der Waals surface area contributed by atoms with Crippen LogP contribution >= 0.6 is 24.0 Å². The molecule has 30 heavy (non-hydrogen) atoms. The monoisotopic (exact) mass is 525 g/mol. The molecule has 3 aromatic rings. The number of hydrogen-bond donors (Lipinski definition) is 2. The first-order chi connectivity index (χ1) is 14.1. The van der Waals surface area contributed by atoms with E-state index >= 15 is 0 Å². The molecule has 2 atom stereocenters. The van der Waals surface area contributed by atoms with Crippen LogP contribution in [0.15, 0.2) is 52.2 Å². The lowest BCUT2D eigenvalue weighted by Gasteiger charge is -2.18. The van der Waals surface area contributed by atoms with Crippen LogP contribution in [0.3, 0.4) is 0 Å². The largest absolute Gasteiger partial charge is 0.371 e. The zero-order valence-electron chi connectivity index (χ0n) is 17.6. The summed E-state index contributed by atoms with van der Waals surface area (Å²) < 4.78 is 12.6. The van der Waals surface area contributed by atoms with Crippen molar-refractivity contribution in [2.24, 2.45) is 4.99 Å². The lowest BCUT2D eigenvalue weighted by molar-refractivity contribution is 0.0683. The van der Waals surface area contributed by atoms with Crippen LogP contribution in [0.25, 0.3) is 5.69 Å². The molecule has 0 spiro atoms. The first kappa shape index (κ1) is 23.8. The standard InChI is InChI=1S/C20H27N7O2.HI/c1-5-28-15(3)19-25-18(29-26-19)13-22-20(21-4)24-14(2)16-8-6-9-17(12-16)27-11-7-10-23-27;/h6-12,14-15H,5,13H2,1-4H3,(H2,21,22,24);1H. The van der Waals surface area contributed by atoms with Crippen molar-refractivity contribution >= 4 is 29.9 Å². The highest BCUT2D eigenvalue weighted by Crippen LogP contribution is 2.16. The van der Waals surface area contributed by atoms with Gasteiger partial charge in [-0.2, -0.15) is 10.1 Å². The zero-order chi connectivity index (χ0) is 20.6. The lowest BCUT2D eigenvalue weighted by atomic mass is 10.1. The average molecular weight is 525 g/mol. The van der Waals surface area contributed by atoms with Gasteiger partial charge in [0, 0.05) is 26.0 Å². The molecule has 0 saturated carbocycles. The number of ether oxygens (including phenoxy) is 1. The Hall–Kier alpha value is -2.47. The zero-order valence-corrected chi connectivity index (χ0v) is 19.9. The minimum Gasteiger partial charge on any atom is -0.371 e. The normalized spacial score (nSPS) is 13.4. The summed E-state index contributed by atoms with van der Waals surface area (Å²) in [6, 6.07) is 10.1. The van der Waals surface area contributed by atoms with Crippen LogP contribution in [0.5, 0.6) is 0 Å². The van der Waals surface area contributed by atoms with Gasteiger partial charge in [-0.15, -0.1) is 24.0 Å². The number of guanidine groups is 1. The number of halogens is 1. The molecule has 3 rings (SSSR count). The first-order valence-electron chi connectivity index (χ1n) is 9.62. The van der Waals surface area contributed by atoms with E-state index in [9.17, 15) is 0 Å². The summed E-state index contributed by atoms with van der Waals surface area (Å²) in [5.41, 5.74) is 2.12. The fourth-order valence-electron chi connectivity index (χ4n) is 2.83. The van der Waals surface area contributed by atoms with Crippen LogP contribution in [0, 0.1) is 0 Å². The van der Waals surface area contributed by atoms with E-state index in [4.69, 9.17) is 9.26 Å². The van der Waals surface area contributed by atoms with Crippen LogP contribution in [0.1, 0.15) is 50.2 Å². The maximum Gasteiger partial charge on any atom is 0.246 e. The molecule has 2 unspecified atom stereocenters. The van der Waals surface area contributed by atoms with Crippen LogP contribution in [-0.2, 0) is 11.3 Å². The van der Waals surface area contributed by atoms with Gasteiger partial charge in [0.05, 0.1) is 18.3 Å². The van der Waals surface area contributed by atoms with E-state index in [-0.39, 0.29) is 36.1 Å². The van der Waals surface area contributed by atoms with Crippen LogP contribution < -0.4 is 10.6 Å². The molecule has 2 N–H and O–H groups in total. The molecule has 0 saturated heterocycles. The van der Waals surface area contributed by atoms with Gasteiger partial charge in [0.15, 0.2) is 11.8 Å². The smallest absolute Gasteiger partial charge is 0.246 e. The Morgan fingerprint density at radius 1 is 1.30 bits per heavy atom. The van der Waals surface area contributed by atoms with Crippen molar-refractivity contribution in [2.45, 2.75) is 39.5 Å². The molecule has 2 aromatic heterocycles. The van der Waals surface area contributed by atoms with Crippen molar-refractivity contribution in [2.75, 3.05) is 13.7 Å². The van der Waals surface area contributed by atoms with Gasteiger partial charge >= 0.3 is 0 Å². The summed E-state index contributed by atoms with van der Waals surface area (Å²) in [5.74, 6) is 1.65. The third-order valence-electron chi connectivity index (χ3n) is 4.39. The average Bonchev–Trinajstić information content (AvgIpc) is 3.43. The second-order valence-corrected chi connectivity index (χ2v) is 6.48. The maximum absolute atomic E-state index is 5.48. The molecule has 162 valence electrons. The SMILES string of the molecule is CCOC(C)c1noc(CNC(=NC)NC(C)c2cccc(-n3cccn3)c2)n1.I. The Labute approximate surface area is 193 Å². The molecular weight excluding hydrogens is 497 g/mol. The molecule has 2 heterocycles. The fraction of sp³-hybridized carbons (Fsp3) is 0.400. The first-order valence-corrected chi connectivity index (χ1v) is 9.62. The summed E-state index contributed by atoms with van der Waals surface area (Å²) >= 11 is 0. The fourth-order valence-corrected chi connectivity index (χ4v) is 2.83. The highest BCUT2D eigenvalue weighted by molar-refractivity contribution is 14.0. The topological polar surface area (TPSA) is 102 Å². The van der Waals surface area contributed by atoms with Crippen LogP contribution in [0.4, 0.5) is 0 Å². The summed E-state index contributed by atoms with van der Waals surface area (Å²) in [5, 5.41) is 14.8. The maximum atomic E-state index is 5.48. The van der Waals surface area contributed by atoms with Crippen molar-refractivity contribution in [3.8, 4) is 5.69 Å². The van der Waals surface area contributed by atoms with Gasteiger partial charge in [-0.25, -0.2) is 4.68 Å². The van der Waals surface area contributed by atoms with E-state index in [0.29, 0.717) is 30.8 Å². The second kappa shape index (κ2) is 11.6. The number of rotatable bonds is 8. The number of benzene rings is 1. The summed E-state index contributed by atoms with van der Waals surface area (Å²) in [4.78, 5) is 8.63. The summed E-state index contributed by atoms with van der Waals surface area (Å²) in [6.45, 7) is 6.86. The molecule has 0 aliphatic heterocycles. The summed E-state index contributed by atoms with van der Waals surface area (Å²) in [7, 11) is 1.72. The van der Waals surface area contributed by atoms with Gasteiger partial charge in [0.1, 0.15) is 6.10 Å². The number of hydrogen-bond acceptors (Lipinski definition) is 6. The molecule has 10 heteroatoms. The lowest BCUT2D eigenvalue weighted by Crippen LogP contribution is -2.38. The van der Waals surface area contributed by atoms with E-state index in [1.54, 1.807) is 13.2 Å². The van der Waals surface area contributed by atoms with Gasteiger partial charge in [0.2, 0.25) is 5.89 Å². The van der Waals surface area contributed by atoms with Crippen molar-refractivity contribution in [3.63, 3.8) is 0 Å². The number of aliphatic imine (C=N–C) groups is 1. The molecule has 1 aromatic carbocycles. The predicted octanol–water partition coefficient (Wildman–Crippen LogP) is 3.40. The van der Waals surface area contributed by atoms with Gasteiger partial charge < -0.3 is 19.9 Å². The number of nitrogens with one attached hydrogen (secondary N) is 2. The molecule has 0 aliphatic carbocycles.